The molecule has 3 aromatic carbocycles. The first-order chi connectivity index (χ1) is 16.5. The highest BCUT2D eigenvalue weighted by molar-refractivity contribution is 6.05. The second kappa shape index (κ2) is 8.55. The SMILES string of the molecule is Cc1cc2c(c(O)c1C)c(-c1ccc(C(=O)O)cc1)c(C(C)(C)CC#N)n2-c1ccc(F)c(F)c1. The normalized spacial score (nSPS) is 11.6. The van der Waals surface area contributed by atoms with Crippen molar-refractivity contribution < 1.29 is 23.8 Å². The minimum atomic E-state index is -1.07. The maximum Gasteiger partial charge on any atom is 0.335 e. The number of aryl methyl sites for hydroxylation is 1. The highest BCUT2D eigenvalue weighted by Crippen LogP contribution is 2.48. The lowest BCUT2D eigenvalue weighted by atomic mass is 9.81. The zero-order chi connectivity index (χ0) is 25.7. The van der Waals surface area contributed by atoms with Crippen LogP contribution in [0.3, 0.4) is 0 Å². The number of nitrogens with zero attached hydrogens (tertiary/aromatic N) is 2. The van der Waals surface area contributed by atoms with Crippen LogP contribution < -0.4 is 0 Å². The number of phenolic OH excluding ortho intramolecular Hbond substituents is 1. The van der Waals surface area contributed by atoms with E-state index in [0.29, 0.717) is 39.0 Å². The molecule has 4 rings (SSSR count). The molecule has 4 aromatic rings. The first-order valence-corrected chi connectivity index (χ1v) is 11.0. The summed E-state index contributed by atoms with van der Waals surface area (Å²) in [7, 11) is 0. The van der Waals surface area contributed by atoms with Crippen LogP contribution in [0.15, 0.2) is 48.5 Å². The summed E-state index contributed by atoms with van der Waals surface area (Å²) >= 11 is 0. The Hall–Kier alpha value is -4.18. The fourth-order valence-electron chi connectivity index (χ4n) is 4.53. The zero-order valence-electron chi connectivity index (χ0n) is 19.8. The van der Waals surface area contributed by atoms with Crippen LogP contribution in [-0.4, -0.2) is 20.7 Å². The Kier molecular flexibility index (Phi) is 5.85. The van der Waals surface area contributed by atoms with Crippen molar-refractivity contribution in [2.45, 2.75) is 39.5 Å². The van der Waals surface area contributed by atoms with Crippen LogP contribution in [0.4, 0.5) is 8.78 Å². The van der Waals surface area contributed by atoms with Gasteiger partial charge in [-0.2, -0.15) is 5.26 Å². The molecular formula is C28H24F2N2O3. The van der Waals surface area contributed by atoms with Crippen LogP contribution in [-0.2, 0) is 5.41 Å². The molecule has 0 atom stereocenters. The van der Waals surface area contributed by atoms with Crippen molar-refractivity contribution in [1.29, 1.82) is 5.26 Å². The number of phenols is 1. The molecule has 0 aliphatic rings. The number of aromatic hydroxyl groups is 1. The van der Waals surface area contributed by atoms with Crippen LogP contribution in [0.2, 0.25) is 0 Å². The Morgan fingerprint density at radius 2 is 1.71 bits per heavy atom. The number of carboxylic acid groups (broad SMARTS) is 1. The second-order valence-corrected chi connectivity index (χ2v) is 9.32. The predicted octanol–water partition coefficient (Wildman–Crippen LogP) is 6.79. The average Bonchev–Trinajstić information content (AvgIpc) is 3.15. The number of hydrogen-bond acceptors (Lipinski definition) is 3. The maximum absolute atomic E-state index is 14.4. The molecule has 0 amide bonds. The fourth-order valence-corrected chi connectivity index (χ4v) is 4.53. The van der Waals surface area contributed by atoms with Crippen molar-refractivity contribution >= 4 is 16.9 Å². The quantitative estimate of drug-likeness (QED) is 0.334. The van der Waals surface area contributed by atoms with Gasteiger partial charge in [0.05, 0.1) is 22.5 Å². The lowest BCUT2D eigenvalue weighted by Crippen LogP contribution is -2.22. The number of carbonyl (C=O) groups is 1. The Labute approximate surface area is 201 Å². The third kappa shape index (κ3) is 3.91. The van der Waals surface area contributed by atoms with Crippen molar-refractivity contribution in [3.63, 3.8) is 0 Å². The van der Waals surface area contributed by atoms with E-state index < -0.39 is 23.0 Å². The molecule has 1 aromatic heterocycles. The van der Waals surface area contributed by atoms with Gasteiger partial charge in [0.25, 0.3) is 0 Å². The highest BCUT2D eigenvalue weighted by atomic mass is 19.2. The van der Waals surface area contributed by atoms with Gasteiger partial charge in [-0.25, -0.2) is 13.6 Å². The van der Waals surface area contributed by atoms with Gasteiger partial charge in [-0.15, -0.1) is 0 Å². The fraction of sp³-hybridized carbons (Fsp3) is 0.214. The van der Waals surface area contributed by atoms with Gasteiger partial charge < -0.3 is 14.8 Å². The number of nitriles is 1. The molecule has 7 heteroatoms. The molecule has 0 saturated heterocycles. The van der Waals surface area contributed by atoms with Crippen molar-refractivity contribution in [3.8, 4) is 28.6 Å². The lowest BCUT2D eigenvalue weighted by Gasteiger charge is -2.26. The molecule has 35 heavy (non-hydrogen) atoms. The van der Waals surface area contributed by atoms with E-state index in [1.165, 1.54) is 18.2 Å². The number of benzene rings is 3. The van der Waals surface area contributed by atoms with E-state index >= 15 is 0 Å². The van der Waals surface area contributed by atoms with Gasteiger partial charge in [-0.3, -0.25) is 0 Å². The first-order valence-electron chi connectivity index (χ1n) is 11.0. The van der Waals surface area contributed by atoms with Crippen molar-refractivity contribution in [2.75, 3.05) is 0 Å². The summed E-state index contributed by atoms with van der Waals surface area (Å²) in [5.74, 6) is -3.04. The van der Waals surface area contributed by atoms with Gasteiger partial charge >= 0.3 is 5.97 Å². The minimum absolute atomic E-state index is 0.0349. The molecule has 178 valence electrons. The predicted molar refractivity (Wildman–Crippen MR) is 130 cm³/mol. The number of hydrogen-bond donors (Lipinski definition) is 2. The van der Waals surface area contributed by atoms with Crippen LogP contribution in [0.25, 0.3) is 27.7 Å². The summed E-state index contributed by atoms with van der Waals surface area (Å²) in [5.41, 5.74) is 3.52. The molecular weight excluding hydrogens is 450 g/mol. The van der Waals surface area contributed by atoms with Crippen molar-refractivity contribution in [1.82, 2.24) is 4.57 Å². The van der Waals surface area contributed by atoms with Crippen molar-refractivity contribution in [3.05, 3.63) is 82.5 Å². The first kappa shape index (κ1) is 24.0. The van der Waals surface area contributed by atoms with Crippen LogP contribution in [0, 0.1) is 36.8 Å². The van der Waals surface area contributed by atoms with E-state index in [1.54, 1.807) is 23.6 Å². The third-order valence-corrected chi connectivity index (χ3v) is 6.49. The maximum atomic E-state index is 14.4. The number of fused-ring (bicyclic) bond motifs is 1. The topological polar surface area (TPSA) is 86.2 Å². The van der Waals surface area contributed by atoms with Crippen LogP contribution in [0.1, 0.15) is 47.4 Å². The van der Waals surface area contributed by atoms with Crippen molar-refractivity contribution in [2.24, 2.45) is 0 Å². The summed E-state index contributed by atoms with van der Waals surface area (Å²) < 4.78 is 29.9. The largest absolute Gasteiger partial charge is 0.507 e. The molecule has 1 heterocycles. The monoisotopic (exact) mass is 474 g/mol. The van der Waals surface area contributed by atoms with E-state index in [2.05, 4.69) is 6.07 Å². The molecule has 0 aliphatic carbocycles. The summed E-state index contributed by atoms with van der Waals surface area (Å²) in [6.07, 6.45) is 0.103. The van der Waals surface area contributed by atoms with E-state index in [4.69, 9.17) is 0 Å². The number of aromatic nitrogens is 1. The summed E-state index contributed by atoms with van der Waals surface area (Å²) in [5, 5.41) is 30.7. The second-order valence-electron chi connectivity index (χ2n) is 9.32. The Morgan fingerprint density at radius 1 is 1.06 bits per heavy atom. The molecule has 0 aliphatic heterocycles. The number of halogens is 2. The molecule has 0 bridgehead atoms. The molecule has 0 radical (unpaired) electrons. The van der Waals surface area contributed by atoms with E-state index in [-0.39, 0.29) is 17.7 Å². The van der Waals surface area contributed by atoms with E-state index in [0.717, 1.165) is 17.7 Å². The Balaban J connectivity index is 2.24. The summed E-state index contributed by atoms with van der Waals surface area (Å²) in [4.78, 5) is 11.4. The number of carboxylic acids is 1. The van der Waals surface area contributed by atoms with E-state index in [1.807, 2.05) is 26.8 Å². The third-order valence-electron chi connectivity index (χ3n) is 6.49. The van der Waals surface area contributed by atoms with Crippen LogP contribution in [0.5, 0.6) is 5.75 Å². The molecule has 2 N–H and O–H groups in total. The Bertz CT molecular complexity index is 1530. The number of aromatic carboxylic acids is 1. The van der Waals surface area contributed by atoms with Gasteiger partial charge in [0.1, 0.15) is 5.75 Å². The smallest absolute Gasteiger partial charge is 0.335 e. The lowest BCUT2D eigenvalue weighted by molar-refractivity contribution is 0.0697. The standard InChI is InChI=1S/C28H24F2N2O3/c1-15-13-22-24(25(33)16(15)2)23(17-5-7-18(8-6-17)27(34)35)26(28(3,4)11-12-31)32(22)19-9-10-20(29)21(30)14-19/h5-10,13-14,33H,11H2,1-4H3,(H,34,35). The van der Waals surface area contributed by atoms with Gasteiger partial charge in [-0.1, -0.05) is 26.0 Å². The number of rotatable bonds is 5. The van der Waals surface area contributed by atoms with Gasteiger partial charge in [-0.05, 0) is 60.9 Å². The average molecular weight is 475 g/mol. The summed E-state index contributed by atoms with van der Waals surface area (Å²) in [6.45, 7) is 7.37. The van der Waals surface area contributed by atoms with Crippen LogP contribution >= 0.6 is 0 Å². The summed E-state index contributed by atoms with van der Waals surface area (Å²) in [6, 6.07) is 13.9. The highest BCUT2D eigenvalue weighted by Gasteiger charge is 2.33. The van der Waals surface area contributed by atoms with Gasteiger partial charge in [0.2, 0.25) is 0 Å². The molecule has 0 unspecified atom stereocenters. The minimum Gasteiger partial charge on any atom is -0.507 e. The molecule has 5 nitrogen and oxygen atoms in total. The van der Waals surface area contributed by atoms with Gasteiger partial charge in [0, 0.05) is 34.8 Å². The Morgan fingerprint density at radius 3 is 2.29 bits per heavy atom. The zero-order valence-corrected chi connectivity index (χ0v) is 19.8. The van der Waals surface area contributed by atoms with Gasteiger partial charge in [0.15, 0.2) is 11.6 Å². The molecule has 0 saturated carbocycles. The van der Waals surface area contributed by atoms with E-state index in [9.17, 15) is 29.1 Å². The molecule has 0 spiro atoms. The molecule has 0 fully saturated rings.